The smallest absolute Gasteiger partial charge is 0.246 e. The number of nitrogens with zero attached hydrogens (tertiary/aromatic N) is 3. The third-order valence-corrected chi connectivity index (χ3v) is 7.93. The molecule has 3 aromatic rings. The first-order chi connectivity index (χ1) is 17.8. The minimum Gasteiger partial charge on any atom is -0.348 e. The fourth-order valence-corrected chi connectivity index (χ4v) is 5.97. The standard InChI is InChI=1S/C30H33ClN4O2/c1-5-28(37)34-15-23(16-34)33-27(36)17-35-20(4)29(25-13-22(31)12-19(3)30(25)35)26-14-32-11-10-24(26)21-8-6-18(2)7-9-21/h5,8,10-14,18,23H,1,6-7,9,15-17H2,2-4H3,(H,33,36). The van der Waals surface area contributed by atoms with Gasteiger partial charge < -0.3 is 14.8 Å². The zero-order valence-corrected chi connectivity index (χ0v) is 22.4. The van der Waals surface area contributed by atoms with Crippen LogP contribution in [0.3, 0.4) is 0 Å². The van der Waals surface area contributed by atoms with Gasteiger partial charge in [-0.1, -0.05) is 31.2 Å². The summed E-state index contributed by atoms with van der Waals surface area (Å²) in [4.78, 5) is 31.0. The molecule has 0 radical (unpaired) electrons. The summed E-state index contributed by atoms with van der Waals surface area (Å²) < 4.78 is 2.09. The normalized spacial score (nSPS) is 17.9. The molecule has 1 saturated heterocycles. The Morgan fingerprint density at radius 3 is 2.73 bits per heavy atom. The van der Waals surface area contributed by atoms with Crippen molar-refractivity contribution in [1.29, 1.82) is 0 Å². The number of allylic oxidation sites excluding steroid dienone is 2. The van der Waals surface area contributed by atoms with Crippen LogP contribution in [0, 0.1) is 19.8 Å². The average molecular weight is 517 g/mol. The lowest BCUT2D eigenvalue weighted by Crippen LogP contribution is -2.61. The topological polar surface area (TPSA) is 67.2 Å². The molecular weight excluding hydrogens is 484 g/mol. The van der Waals surface area contributed by atoms with Gasteiger partial charge in [-0.25, -0.2) is 0 Å². The summed E-state index contributed by atoms with van der Waals surface area (Å²) in [6.07, 6.45) is 10.8. The molecule has 1 aliphatic carbocycles. The molecule has 0 spiro atoms. The van der Waals surface area contributed by atoms with Gasteiger partial charge in [-0.2, -0.15) is 0 Å². The summed E-state index contributed by atoms with van der Waals surface area (Å²) in [6.45, 7) is 11.1. The second-order valence-electron chi connectivity index (χ2n) is 10.4. The van der Waals surface area contributed by atoms with Crippen molar-refractivity contribution in [2.45, 2.75) is 52.6 Å². The molecule has 2 aromatic heterocycles. The van der Waals surface area contributed by atoms with E-state index < -0.39 is 0 Å². The quantitative estimate of drug-likeness (QED) is 0.428. The monoisotopic (exact) mass is 516 g/mol. The second-order valence-corrected chi connectivity index (χ2v) is 10.8. The number of amides is 2. The van der Waals surface area contributed by atoms with Gasteiger partial charge in [-0.05, 0) is 80.0 Å². The van der Waals surface area contributed by atoms with Crippen LogP contribution in [-0.2, 0) is 16.1 Å². The highest BCUT2D eigenvalue weighted by Crippen LogP contribution is 2.42. The summed E-state index contributed by atoms with van der Waals surface area (Å²) in [7, 11) is 0. The second kappa shape index (κ2) is 10.2. The van der Waals surface area contributed by atoms with Gasteiger partial charge >= 0.3 is 0 Å². The van der Waals surface area contributed by atoms with Gasteiger partial charge in [0.2, 0.25) is 11.8 Å². The highest BCUT2D eigenvalue weighted by Gasteiger charge is 2.31. The van der Waals surface area contributed by atoms with Crippen LogP contribution in [0.2, 0.25) is 5.02 Å². The molecule has 1 atom stereocenters. The van der Waals surface area contributed by atoms with E-state index in [0.29, 0.717) is 24.0 Å². The number of aromatic nitrogens is 2. The summed E-state index contributed by atoms with van der Waals surface area (Å²) in [5.41, 5.74) is 7.74. The van der Waals surface area contributed by atoms with E-state index >= 15 is 0 Å². The number of hydrogen-bond donors (Lipinski definition) is 1. The molecule has 3 heterocycles. The van der Waals surface area contributed by atoms with E-state index in [0.717, 1.165) is 46.1 Å². The molecule has 2 amide bonds. The van der Waals surface area contributed by atoms with Gasteiger partial charge in [0.05, 0.1) is 11.6 Å². The zero-order chi connectivity index (χ0) is 26.3. The van der Waals surface area contributed by atoms with Crippen molar-refractivity contribution in [1.82, 2.24) is 19.8 Å². The third-order valence-electron chi connectivity index (χ3n) is 7.72. The van der Waals surface area contributed by atoms with Crippen LogP contribution in [0.4, 0.5) is 0 Å². The van der Waals surface area contributed by atoms with Crippen LogP contribution < -0.4 is 5.32 Å². The van der Waals surface area contributed by atoms with Gasteiger partial charge in [0.1, 0.15) is 6.54 Å². The Morgan fingerprint density at radius 1 is 1.24 bits per heavy atom. The van der Waals surface area contributed by atoms with Crippen LogP contribution in [0.1, 0.15) is 43.0 Å². The highest BCUT2D eigenvalue weighted by molar-refractivity contribution is 6.31. The van der Waals surface area contributed by atoms with Gasteiger partial charge in [-0.15, -0.1) is 0 Å². The van der Waals surface area contributed by atoms with Crippen LogP contribution in [-0.4, -0.2) is 45.4 Å². The molecule has 0 bridgehead atoms. The summed E-state index contributed by atoms with van der Waals surface area (Å²) >= 11 is 6.55. The Bertz CT molecular complexity index is 1430. The molecular formula is C30H33ClN4O2. The lowest BCUT2D eigenvalue weighted by molar-refractivity contribution is -0.133. The fraction of sp³-hybridized carbons (Fsp3) is 0.367. The first-order valence-corrected chi connectivity index (χ1v) is 13.3. The molecule has 1 N–H and O–H groups in total. The van der Waals surface area contributed by atoms with Gasteiger partial charge in [0, 0.05) is 52.7 Å². The number of hydrogen-bond acceptors (Lipinski definition) is 3. The molecule has 7 heteroatoms. The maximum atomic E-state index is 13.1. The number of pyridine rings is 1. The van der Waals surface area contributed by atoms with E-state index in [4.69, 9.17) is 11.6 Å². The number of rotatable bonds is 6. The predicted octanol–water partition coefficient (Wildman–Crippen LogP) is 5.69. The van der Waals surface area contributed by atoms with E-state index in [2.05, 4.69) is 47.4 Å². The van der Waals surface area contributed by atoms with Crippen molar-refractivity contribution in [3.8, 4) is 11.1 Å². The van der Waals surface area contributed by atoms with Crippen LogP contribution in [0.25, 0.3) is 27.6 Å². The fourth-order valence-electron chi connectivity index (χ4n) is 5.70. The maximum Gasteiger partial charge on any atom is 0.246 e. The minimum absolute atomic E-state index is 0.0425. The highest BCUT2D eigenvalue weighted by atomic mass is 35.5. The number of carbonyl (C=O) groups is 2. The molecule has 5 rings (SSSR count). The van der Waals surface area contributed by atoms with Crippen LogP contribution in [0.5, 0.6) is 0 Å². The summed E-state index contributed by atoms with van der Waals surface area (Å²) in [5.74, 6) is 0.520. The number of fused-ring (bicyclic) bond motifs is 1. The first kappa shape index (κ1) is 25.3. The van der Waals surface area contributed by atoms with E-state index in [1.165, 1.54) is 23.6 Å². The van der Waals surface area contributed by atoms with E-state index in [-0.39, 0.29) is 24.4 Å². The summed E-state index contributed by atoms with van der Waals surface area (Å²) in [5, 5.41) is 4.78. The number of likely N-dealkylation sites (tertiary alicyclic amines) is 1. The molecule has 192 valence electrons. The number of nitrogens with one attached hydrogen (secondary N) is 1. The van der Waals surface area contributed by atoms with E-state index in [1.54, 1.807) is 4.90 Å². The number of halogens is 1. The average Bonchev–Trinajstić information content (AvgIpc) is 3.12. The minimum atomic E-state index is -0.107. The molecule has 0 saturated carbocycles. The molecule has 1 fully saturated rings. The van der Waals surface area contributed by atoms with Crippen molar-refractivity contribution in [2.24, 2.45) is 5.92 Å². The number of benzene rings is 1. The number of carbonyl (C=O) groups excluding carboxylic acids is 2. The Morgan fingerprint density at radius 2 is 2.03 bits per heavy atom. The molecule has 37 heavy (non-hydrogen) atoms. The largest absolute Gasteiger partial charge is 0.348 e. The van der Waals surface area contributed by atoms with Gasteiger partial charge in [-0.3, -0.25) is 14.6 Å². The first-order valence-electron chi connectivity index (χ1n) is 12.9. The Balaban J connectivity index is 1.52. The van der Waals surface area contributed by atoms with Crippen LogP contribution >= 0.6 is 11.6 Å². The van der Waals surface area contributed by atoms with Gasteiger partial charge in [0.25, 0.3) is 0 Å². The van der Waals surface area contributed by atoms with Crippen molar-refractivity contribution in [3.63, 3.8) is 0 Å². The third kappa shape index (κ3) is 4.82. The van der Waals surface area contributed by atoms with Crippen molar-refractivity contribution in [2.75, 3.05) is 13.1 Å². The Kier molecular flexibility index (Phi) is 6.95. The Labute approximate surface area is 223 Å². The van der Waals surface area contributed by atoms with Crippen LogP contribution in [0.15, 0.2) is 49.3 Å². The maximum absolute atomic E-state index is 13.1. The SMILES string of the molecule is C=CC(=O)N1CC(NC(=O)Cn2c(C)c(-c3cnccc3C3=CCC(C)CC3)c3cc(Cl)cc(C)c32)C1. The molecule has 1 aliphatic heterocycles. The zero-order valence-electron chi connectivity index (χ0n) is 21.7. The molecule has 2 aliphatic rings. The van der Waals surface area contributed by atoms with Crippen molar-refractivity contribution in [3.05, 3.63) is 71.2 Å². The van der Waals surface area contributed by atoms with E-state index in [9.17, 15) is 9.59 Å². The molecule has 1 unspecified atom stereocenters. The molecule has 1 aromatic carbocycles. The summed E-state index contributed by atoms with van der Waals surface area (Å²) in [6, 6.07) is 6.01. The lowest BCUT2D eigenvalue weighted by Gasteiger charge is -2.38. The van der Waals surface area contributed by atoms with E-state index in [1.807, 2.05) is 31.5 Å². The lowest BCUT2D eigenvalue weighted by atomic mass is 9.85. The van der Waals surface area contributed by atoms with Crippen molar-refractivity contribution >= 4 is 39.9 Å². The Hall–Kier alpha value is -3.38. The molecule has 6 nitrogen and oxygen atoms in total. The van der Waals surface area contributed by atoms with Crippen molar-refractivity contribution < 1.29 is 9.59 Å². The predicted molar refractivity (Wildman–Crippen MR) is 149 cm³/mol. The number of aryl methyl sites for hydroxylation is 1. The van der Waals surface area contributed by atoms with Gasteiger partial charge in [0.15, 0.2) is 0 Å².